The molecule has 5 rings (SSSR count). The molecule has 3 heterocycles. The lowest BCUT2D eigenvalue weighted by Crippen LogP contribution is -2.19. The first-order valence-electron chi connectivity index (χ1n) is 12.5. The first-order valence-corrected chi connectivity index (χ1v) is 12.5. The van der Waals surface area contributed by atoms with E-state index in [1.807, 2.05) is 16.8 Å². The maximum atomic E-state index is 13.1. The van der Waals surface area contributed by atoms with Crippen molar-refractivity contribution >= 4 is 5.78 Å². The van der Waals surface area contributed by atoms with Gasteiger partial charge in [0.1, 0.15) is 11.5 Å². The number of tetrazole rings is 1. The second-order valence-corrected chi connectivity index (χ2v) is 9.14. The van der Waals surface area contributed by atoms with Gasteiger partial charge in [0.15, 0.2) is 0 Å². The standard InChI is InChI=1S/C26H30N8O/c1-2-3-11-22-28-26(24(35)20-8-5-4-6-9-20)31-34(22)17-18-12-14-19(15-13-18)21-10-7-16-27-23(21)25-29-32-33-30-25/h7,10,12-16,20H,2-6,8-9,11,17H2,1H3,(H,29,30,32,33). The van der Waals surface area contributed by atoms with Gasteiger partial charge >= 0.3 is 0 Å². The summed E-state index contributed by atoms with van der Waals surface area (Å²) in [5.74, 6) is 1.93. The molecule has 1 saturated carbocycles. The first kappa shape index (κ1) is 23.0. The first-order chi connectivity index (χ1) is 17.2. The summed E-state index contributed by atoms with van der Waals surface area (Å²) in [6.45, 7) is 2.74. The van der Waals surface area contributed by atoms with Crippen LogP contribution in [0.4, 0.5) is 0 Å². The number of Topliss-reactive ketones (excluding diaryl/α,β-unsaturated/α-hetero) is 1. The molecule has 1 aromatic carbocycles. The molecule has 0 saturated heterocycles. The number of aromatic amines is 1. The maximum absolute atomic E-state index is 13.1. The van der Waals surface area contributed by atoms with Crippen molar-refractivity contribution in [1.29, 1.82) is 0 Å². The number of aromatic nitrogens is 8. The van der Waals surface area contributed by atoms with Crippen LogP contribution in [0.2, 0.25) is 0 Å². The monoisotopic (exact) mass is 470 g/mol. The van der Waals surface area contributed by atoms with E-state index < -0.39 is 0 Å². The molecule has 0 unspecified atom stereocenters. The minimum absolute atomic E-state index is 0.0748. The molecule has 180 valence electrons. The number of hydrogen-bond donors (Lipinski definition) is 1. The molecule has 4 aromatic rings. The van der Waals surface area contributed by atoms with Crippen LogP contribution >= 0.6 is 0 Å². The smallest absolute Gasteiger partial charge is 0.223 e. The van der Waals surface area contributed by atoms with Gasteiger partial charge in [0.2, 0.25) is 17.4 Å². The van der Waals surface area contributed by atoms with Gasteiger partial charge in [0, 0.05) is 24.1 Å². The number of H-pyrrole nitrogens is 1. The Labute approximate surface area is 204 Å². The molecular weight excluding hydrogens is 440 g/mol. The van der Waals surface area contributed by atoms with Gasteiger partial charge in [-0.1, -0.05) is 62.9 Å². The van der Waals surface area contributed by atoms with Crippen LogP contribution in [0.3, 0.4) is 0 Å². The van der Waals surface area contributed by atoms with Crippen LogP contribution < -0.4 is 0 Å². The number of pyridine rings is 1. The third-order valence-electron chi connectivity index (χ3n) is 6.66. The Balaban J connectivity index is 1.37. The van der Waals surface area contributed by atoms with Crippen LogP contribution in [0.25, 0.3) is 22.6 Å². The molecule has 9 heteroatoms. The zero-order valence-corrected chi connectivity index (χ0v) is 20.0. The van der Waals surface area contributed by atoms with E-state index in [1.165, 1.54) is 6.42 Å². The van der Waals surface area contributed by atoms with Gasteiger partial charge in [-0.3, -0.25) is 9.78 Å². The number of rotatable bonds is 9. The predicted molar refractivity (Wildman–Crippen MR) is 131 cm³/mol. The Morgan fingerprint density at radius 1 is 1.11 bits per heavy atom. The normalized spacial score (nSPS) is 14.3. The van der Waals surface area contributed by atoms with Gasteiger partial charge in [0.25, 0.3) is 0 Å². The average Bonchev–Trinajstić information content (AvgIpc) is 3.59. The lowest BCUT2D eigenvalue weighted by atomic mass is 9.86. The number of carbonyl (C=O) groups excluding carboxylic acids is 1. The molecular formula is C26H30N8O. The van der Waals surface area contributed by atoms with E-state index in [1.54, 1.807) is 6.20 Å². The molecule has 0 radical (unpaired) electrons. The van der Waals surface area contributed by atoms with Crippen LogP contribution in [-0.2, 0) is 13.0 Å². The summed E-state index contributed by atoms with van der Waals surface area (Å²) in [6, 6.07) is 12.2. The largest absolute Gasteiger partial charge is 0.290 e. The molecule has 0 atom stereocenters. The molecule has 1 aliphatic rings. The Morgan fingerprint density at radius 3 is 2.69 bits per heavy atom. The lowest BCUT2D eigenvalue weighted by Gasteiger charge is -2.18. The van der Waals surface area contributed by atoms with Crippen molar-refractivity contribution < 1.29 is 4.79 Å². The number of unbranched alkanes of at least 4 members (excludes halogenated alkanes) is 1. The molecule has 0 amide bonds. The number of carbonyl (C=O) groups is 1. The van der Waals surface area contributed by atoms with E-state index in [0.717, 1.165) is 67.5 Å². The molecule has 1 fully saturated rings. The van der Waals surface area contributed by atoms with Crippen molar-refractivity contribution in [3.8, 4) is 22.6 Å². The Hall–Kier alpha value is -3.75. The number of nitrogens with one attached hydrogen (secondary N) is 1. The minimum Gasteiger partial charge on any atom is -0.290 e. The molecule has 0 bridgehead atoms. The summed E-state index contributed by atoms with van der Waals surface area (Å²) < 4.78 is 1.91. The Morgan fingerprint density at radius 2 is 1.94 bits per heavy atom. The van der Waals surface area contributed by atoms with E-state index >= 15 is 0 Å². The average molecular weight is 471 g/mol. The van der Waals surface area contributed by atoms with Gasteiger partial charge < -0.3 is 0 Å². The van der Waals surface area contributed by atoms with Gasteiger partial charge in [-0.25, -0.2) is 9.67 Å². The summed E-state index contributed by atoms with van der Waals surface area (Å²) >= 11 is 0. The van der Waals surface area contributed by atoms with E-state index in [2.05, 4.69) is 61.9 Å². The van der Waals surface area contributed by atoms with Crippen molar-refractivity contribution in [2.24, 2.45) is 5.92 Å². The van der Waals surface area contributed by atoms with Crippen LogP contribution in [0.15, 0.2) is 42.6 Å². The quantitative estimate of drug-likeness (QED) is 0.353. The Kier molecular flexibility index (Phi) is 7.02. The van der Waals surface area contributed by atoms with Crippen molar-refractivity contribution in [2.75, 3.05) is 0 Å². The maximum Gasteiger partial charge on any atom is 0.223 e. The summed E-state index contributed by atoms with van der Waals surface area (Å²) in [5.41, 5.74) is 3.72. The molecule has 1 aliphatic carbocycles. The fourth-order valence-corrected chi connectivity index (χ4v) is 4.71. The summed E-state index contributed by atoms with van der Waals surface area (Å²) in [4.78, 5) is 22.2. The molecule has 3 aromatic heterocycles. The number of aryl methyl sites for hydroxylation is 1. The molecule has 1 N–H and O–H groups in total. The third-order valence-corrected chi connectivity index (χ3v) is 6.66. The molecule has 0 aliphatic heterocycles. The number of hydrogen-bond acceptors (Lipinski definition) is 7. The SMILES string of the molecule is CCCCc1nc(C(=O)C2CCCCC2)nn1Cc1ccc(-c2cccnc2-c2nn[nH]n2)cc1. The zero-order chi connectivity index (χ0) is 24.0. The third kappa shape index (κ3) is 5.18. The van der Waals surface area contributed by atoms with Crippen LogP contribution in [0, 0.1) is 5.92 Å². The van der Waals surface area contributed by atoms with E-state index in [4.69, 9.17) is 4.98 Å². The fraction of sp³-hybridized carbons (Fsp3) is 0.423. The van der Waals surface area contributed by atoms with Gasteiger partial charge in [-0.05, 0) is 41.7 Å². The van der Waals surface area contributed by atoms with Gasteiger partial charge in [0.05, 0.1) is 6.54 Å². The van der Waals surface area contributed by atoms with Crippen molar-refractivity contribution in [2.45, 2.75) is 64.8 Å². The van der Waals surface area contributed by atoms with Gasteiger partial charge in [-0.2, -0.15) is 5.21 Å². The highest BCUT2D eigenvalue weighted by Gasteiger charge is 2.26. The van der Waals surface area contributed by atoms with Crippen LogP contribution in [0.1, 0.15) is 73.9 Å². The number of nitrogens with zero attached hydrogens (tertiary/aromatic N) is 7. The Bertz CT molecular complexity index is 1260. The van der Waals surface area contributed by atoms with Crippen LogP contribution in [0.5, 0.6) is 0 Å². The number of benzene rings is 1. The highest BCUT2D eigenvalue weighted by Crippen LogP contribution is 2.29. The molecule has 9 nitrogen and oxygen atoms in total. The van der Waals surface area contributed by atoms with E-state index in [-0.39, 0.29) is 11.7 Å². The van der Waals surface area contributed by atoms with E-state index in [9.17, 15) is 4.79 Å². The van der Waals surface area contributed by atoms with Gasteiger partial charge in [-0.15, -0.1) is 15.3 Å². The highest BCUT2D eigenvalue weighted by atomic mass is 16.1. The van der Waals surface area contributed by atoms with Crippen molar-refractivity contribution in [1.82, 2.24) is 40.4 Å². The second-order valence-electron chi connectivity index (χ2n) is 9.14. The topological polar surface area (TPSA) is 115 Å². The second kappa shape index (κ2) is 10.7. The lowest BCUT2D eigenvalue weighted by molar-refractivity contribution is 0.0878. The molecule has 35 heavy (non-hydrogen) atoms. The van der Waals surface area contributed by atoms with E-state index in [0.29, 0.717) is 23.9 Å². The van der Waals surface area contributed by atoms with Crippen molar-refractivity contribution in [3.63, 3.8) is 0 Å². The minimum atomic E-state index is 0.0748. The zero-order valence-electron chi connectivity index (χ0n) is 20.0. The fourth-order valence-electron chi connectivity index (χ4n) is 4.71. The van der Waals surface area contributed by atoms with Crippen molar-refractivity contribution in [3.05, 3.63) is 59.8 Å². The number of ketones is 1. The summed E-state index contributed by atoms with van der Waals surface area (Å²) in [7, 11) is 0. The summed E-state index contributed by atoms with van der Waals surface area (Å²) in [5, 5.41) is 19.0. The molecule has 0 spiro atoms. The predicted octanol–water partition coefficient (Wildman–Crippen LogP) is 4.67. The highest BCUT2D eigenvalue weighted by molar-refractivity contribution is 5.94. The van der Waals surface area contributed by atoms with Crippen LogP contribution in [-0.4, -0.2) is 46.2 Å². The summed E-state index contributed by atoms with van der Waals surface area (Å²) in [6.07, 6.45) is 10.0.